The van der Waals surface area contributed by atoms with Gasteiger partial charge in [-0.3, -0.25) is 23.9 Å². The SMILES string of the molecule is Cc1cc(C(=O)C[C@H]2CCCCC/C=C\[C@@H]3C[C@@]3(C(=O)NS(=O)(=O)C3CC3)CC(=O)[C@@H]3C[C@@H](Oc4nc5ccccc5nc4C(F)(F)F)CN3C2=O)no1. The Kier molecular flexibility index (Phi) is 10.1. The molecule has 1 aromatic carbocycles. The Morgan fingerprint density at radius 1 is 1.07 bits per heavy atom. The number of Topliss-reactive ketones (excluding diaryl/α,β-unsaturated/α-hetero) is 2. The summed E-state index contributed by atoms with van der Waals surface area (Å²) in [6, 6.07) is 6.18. The molecule has 5 atom stereocenters. The van der Waals surface area contributed by atoms with Crippen molar-refractivity contribution in [1.29, 1.82) is 0 Å². The van der Waals surface area contributed by atoms with E-state index >= 15 is 0 Å². The second kappa shape index (κ2) is 14.5. The largest absolute Gasteiger partial charge is 0.471 e. The molecular weight excluding hydrogens is 731 g/mol. The zero-order valence-electron chi connectivity index (χ0n) is 29.5. The van der Waals surface area contributed by atoms with Crippen molar-refractivity contribution in [2.24, 2.45) is 17.3 Å². The van der Waals surface area contributed by atoms with E-state index in [4.69, 9.17) is 9.26 Å². The minimum Gasteiger partial charge on any atom is -0.471 e. The summed E-state index contributed by atoms with van der Waals surface area (Å²) < 4.78 is 81.5. The molecule has 2 aliphatic carbocycles. The molecule has 7 rings (SSSR count). The van der Waals surface area contributed by atoms with Gasteiger partial charge in [0.1, 0.15) is 17.6 Å². The molecule has 2 amide bonds. The molecule has 3 fully saturated rings. The third kappa shape index (κ3) is 7.91. The highest BCUT2D eigenvalue weighted by Crippen LogP contribution is 2.57. The van der Waals surface area contributed by atoms with Crippen LogP contribution in [0.2, 0.25) is 0 Å². The molecule has 2 saturated carbocycles. The van der Waals surface area contributed by atoms with E-state index in [-0.39, 0.29) is 49.0 Å². The van der Waals surface area contributed by atoms with Crippen molar-refractivity contribution in [2.75, 3.05) is 6.54 Å². The Hall–Kier alpha value is -4.67. The smallest absolute Gasteiger partial charge is 0.438 e. The van der Waals surface area contributed by atoms with E-state index in [1.807, 2.05) is 12.2 Å². The van der Waals surface area contributed by atoms with Gasteiger partial charge in [0.05, 0.1) is 34.3 Å². The first-order chi connectivity index (χ1) is 25.6. The second-order valence-corrected chi connectivity index (χ2v) is 16.8. The van der Waals surface area contributed by atoms with Crippen molar-refractivity contribution >= 4 is 44.4 Å². The number of fused-ring (bicyclic) bond motifs is 3. The number of sulfonamides is 1. The van der Waals surface area contributed by atoms with Crippen LogP contribution in [0.25, 0.3) is 11.0 Å². The third-order valence-corrected chi connectivity index (χ3v) is 12.6. The van der Waals surface area contributed by atoms with Gasteiger partial charge in [0, 0.05) is 31.2 Å². The molecule has 0 unspecified atom stereocenters. The summed E-state index contributed by atoms with van der Waals surface area (Å²) in [5.41, 5.74) is -2.58. The van der Waals surface area contributed by atoms with E-state index < -0.39 is 92.2 Å². The first-order valence-corrected chi connectivity index (χ1v) is 19.7. The van der Waals surface area contributed by atoms with E-state index in [1.165, 1.54) is 29.2 Å². The van der Waals surface area contributed by atoms with E-state index in [0.29, 0.717) is 37.9 Å². The number of para-hydroxylation sites is 2. The van der Waals surface area contributed by atoms with Crippen LogP contribution in [0.1, 0.15) is 92.6 Å². The number of alkyl halides is 3. The number of aromatic nitrogens is 3. The number of hydrogen-bond donors (Lipinski definition) is 1. The van der Waals surface area contributed by atoms with Crippen LogP contribution in [-0.2, 0) is 30.6 Å². The molecule has 0 spiro atoms. The van der Waals surface area contributed by atoms with Crippen LogP contribution in [0.5, 0.6) is 5.88 Å². The quantitative estimate of drug-likeness (QED) is 0.233. The molecule has 2 aromatic heterocycles. The van der Waals surface area contributed by atoms with Crippen LogP contribution in [0, 0.1) is 24.2 Å². The molecular formula is C37H40F3N5O8S. The summed E-state index contributed by atoms with van der Waals surface area (Å²) in [6.07, 6.45) is 0.756. The molecule has 17 heteroatoms. The molecule has 288 valence electrons. The summed E-state index contributed by atoms with van der Waals surface area (Å²) >= 11 is 0. The predicted molar refractivity (Wildman–Crippen MR) is 185 cm³/mol. The van der Waals surface area contributed by atoms with Crippen LogP contribution in [0.3, 0.4) is 0 Å². The number of amides is 2. The Bertz CT molecular complexity index is 2120. The van der Waals surface area contributed by atoms with Crippen LogP contribution in [0.15, 0.2) is 47.0 Å². The standard InChI is InChI=1S/C37H40F3N5O8S/c1-21-15-28(43-53-21)30(46)16-22-9-5-3-2-4-6-10-23-18-36(23,35(49)44-54(50,51)25-13-14-25)19-31(47)29-17-24(20-45(29)34(22)48)52-33-32(37(38,39)40)41-26-11-7-8-12-27(26)42-33/h6-8,10-12,15,22-25,29H,2-5,9,13-14,16-20H2,1H3,(H,44,49)/b10-6-/t22-,23-,24-,29+,36-/m1/s1. The molecule has 3 aromatic rings. The Morgan fingerprint density at radius 3 is 2.50 bits per heavy atom. The van der Waals surface area contributed by atoms with Gasteiger partial charge in [-0.2, -0.15) is 13.2 Å². The number of nitrogens with zero attached hydrogens (tertiary/aromatic N) is 4. The van der Waals surface area contributed by atoms with Crippen molar-refractivity contribution in [2.45, 2.75) is 101 Å². The number of carbonyl (C=O) groups excluding carboxylic acids is 4. The molecule has 2 aliphatic heterocycles. The first-order valence-electron chi connectivity index (χ1n) is 18.2. The van der Waals surface area contributed by atoms with Gasteiger partial charge in [0.15, 0.2) is 11.6 Å². The number of ether oxygens (including phenoxy) is 1. The highest BCUT2D eigenvalue weighted by atomic mass is 32.2. The first kappa shape index (κ1) is 37.6. The fraction of sp³-hybridized carbons (Fsp3) is 0.541. The van der Waals surface area contributed by atoms with Crippen molar-refractivity contribution in [3.63, 3.8) is 0 Å². The lowest BCUT2D eigenvalue weighted by Gasteiger charge is -2.29. The van der Waals surface area contributed by atoms with Crippen LogP contribution < -0.4 is 9.46 Å². The highest BCUT2D eigenvalue weighted by molar-refractivity contribution is 7.90. The average molecular weight is 772 g/mol. The highest BCUT2D eigenvalue weighted by Gasteiger charge is 2.61. The van der Waals surface area contributed by atoms with Gasteiger partial charge in [0.2, 0.25) is 33.4 Å². The number of nitrogens with one attached hydrogen (secondary N) is 1. The molecule has 13 nitrogen and oxygen atoms in total. The number of ketones is 2. The number of allylic oxidation sites excluding steroid dienone is 2. The van der Waals surface area contributed by atoms with Crippen molar-refractivity contribution in [3.8, 4) is 5.88 Å². The fourth-order valence-corrected chi connectivity index (χ4v) is 8.94. The summed E-state index contributed by atoms with van der Waals surface area (Å²) in [6.45, 7) is 1.31. The normalized spacial score (nSPS) is 27.4. The molecule has 1 N–H and O–H groups in total. The molecule has 0 radical (unpaired) electrons. The van der Waals surface area contributed by atoms with E-state index in [9.17, 15) is 40.8 Å². The zero-order valence-corrected chi connectivity index (χ0v) is 30.3. The molecule has 0 bridgehead atoms. The molecule has 4 heterocycles. The Morgan fingerprint density at radius 2 is 1.81 bits per heavy atom. The maximum absolute atomic E-state index is 14.5. The summed E-state index contributed by atoms with van der Waals surface area (Å²) in [5, 5.41) is 3.11. The number of aryl methyl sites for hydroxylation is 1. The molecule has 54 heavy (non-hydrogen) atoms. The van der Waals surface area contributed by atoms with Crippen molar-refractivity contribution in [3.05, 3.63) is 59.6 Å². The molecule has 4 aliphatic rings. The van der Waals surface area contributed by atoms with Gasteiger partial charge >= 0.3 is 6.18 Å². The van der Waals surface area contributed by atoms with Crippen molar-refractivity contribution in [1.82, 2.24) is 24.7 Å². The lowest BCUT2D eigenvalue weighted by atomic mass is 9.90. The fourth-order valence-electron chi connectivity index (χ4n) is 7.56. The van der Waals surface area contributed by atoms with Crippen LogP contribution in [0.4, 0.5) is 13.2 Å². The van der Waals surface area contributed by atoms with E-state index in [1.54, 1.807) is 13.0 Å². The Labute approximate surface area is 309 Å². The summed E-state index contributed by atoms with van der Waals surface area (Å²) in [7, 11) is -3.94. The van der Waals surface area contributed by atoms with Crippen molar-refractivity contribution < 1.29 is 50.0 Å². The van der Waals surface area contributed by atoms with E-state index in [0.717, 1.165) is 6.42 Å². The monoisotopic (exact) mass is 771 g/mol. The maximum atomic E-state index is 14.5. The number of rotatable bonds is 8. The second-order valence-electron chi connectivity index (χ2n) is 14.8. The van der Waals surface area contributed by atoms with Crippen LogP contribution >= 0.6 is 0 Å². The average Bonchev–Trinajstić information content (AvgIpc) is 4.01. The van der Waals surface area contributed by atoms with Crippen LogP contribution in [-0.4, -0.2) is 75.8 Å². The minimum atomic E-state index is -4.94. The maximum Gasteiger partial charge on any atom is 0.438 e. The third-order valence-electron chi connectivity index (χ3n) is 10.8. The topological polar surface area (TPSA) is 179 Å². The van der Waals surface area contributed by atoms with Gasteiger partial charge in [0.25, 0.3) is 0 Å². The zero-order chi connectivity index (χ0) is 38.4. The molecule has 1 saturated heterocycles. The number of carbonyl (C=O) groups is 4. The lowest BCUT2D eigenvalue weighted by molar-refractivity contribution is -0.143. The van der Waals surface area contributed by atoms with Gasteiger partial charge in [-0.15, -0.1) is 0 Å². The number of hydrogen-bond acceptors (Lipinski definition) is 11. The minimum absolute atomic E-state index is 0.00302. The van der Waals surface area contributed by atoms with E-state index in [2.05, 4.69) is 19.8 Å². The number of benzene rings is 1. The van der Waals surface area contributed by atoms with Gasteiger partial charge in [-0.25, -0.2) is 18.4 Å². The Balaban J connectivity index is 1.22. The summed E-state index contributed by atoms with van der Waals surface area (Å²) in [5.74, 6) is -4.13. The van der Waals surface area contributed by atoms with Gasteiger partial charge < -0.3 is 14.2 Å². The lowest BCUT2D eigenvalue weighted by Crippen LogP contribution is -2.46. The van der Waals surface area contributed by atoms with Gasteiger partial charge in [-0.1, -0.05) is 42.3 Å². The van der Waals surface area contributed by atoms with Gasteiger partial charge in [-0.05, 0) is 63.5 Å². The predicted octanol–water partition coefficient (Wildman–Crippen LogP) is 5.28. The number of halogens is 3. The summed E-state index contributed by atoms with van der Waals surface area (Å²) in [4.78, 5) is 65.0.